The van der Waals surface area contributed by atoms with Crippen LogP contribution in [-0.2, 0) is 0 Å². The first kappa shape index (κ1) is 17.7. The Labute approximate surface area is 151 Å². The van der Waals surface area contributed by atoms with Crippen LogP contribution in [-0.4, -0.2) is 41.8 Å². The molecule has 0 aliphatic heterocycles. The van der Waals surface area contributed by atoms with Crippen LogP contribution in [0.2, 0.25) is 0 Å². The van der Waals surface area contributed by atoms with Gasteiger partial charge in [-0.2, -0.15) is 9.78 Å². The Morgan fingerprint density at radius 2 is 2.19 bits per heavy atom. The Morgan fingerprint density at radius 1 is 1.41 bits per heavy atom. The Kier molecular flexibility index (Phi) is 4.57. The van der Waals surface area contributed by atoms with E-state index in [1.165, 1.54) is 18.2 Å². The number of carbonyl (C=O) groups excluding carboxylic acids is 1. The van der Waals surface area contributed by atoms with E-state index >= 15 is 0 Å². The van der Waals surface area contributed by atoms with Gasteiger partial charge in [0.05, 0.1) is 16.3 Å². The lowest BCUT2D eigenvalue weighted by atomic mass is 10.1. The zero-order valence-corrected chi connectivity index (χ0v) is 14.2. The van der Waals surface area contributed by atoms with Gasteiger partial charge in [-0.3, -0.25) is 14.9 Å². The van der Waals surface area contributed by atoms with Gasteiger partial charge in [-0.25, -0.2) is 10.1 Å². The minimum Gasteiger partial charge on any atom is -0.378 e. The van der Waals surface area contributed by atoms with Crippen LogP contribution in [0, 0.1) is 17.0 Å². The van der Waals surface area contributed by atoms with Gasteiger partial charge in [-0.1, -0.05) is 17.3 Å². The highest BCUT2D eigenvalue weighted by Gasteiger charge is 2.23. The Balaban J connectivity index is 1.85. The molecule has 2 aromatic heterocycles. The molecule has 0 fully saturated rings. The lowest BCUT2D eigenvalue weighted by Gasteiger charge is -2.04. The molecule has 13 heteroatoms. The van der Waals surface area contributed by atoms with E-state index in [-0.39, 0.29) is 23.0 Å². The fourth-order valence-electron chi connectivity index (χ4n) is 2.20. The zero-order chi connectivity index (χ0) is 19.6. The second kappa shape index (κ2) is 6.99. The minimum atomic E-state index is -0.635. The van der Waals surface area contributed by atoms with Crippen molar-refractivity contribution in [1.29, 1.82) is 0 Å². The van der Waals surface area contributed by atoms with Gasteiger partial charge in [-0.05, 0) is 24.2 Å². The van der Waals surface area contributed by atoms with Crippen molar-refractivity contribution in [2.24, 2.45) is 5.10 Å². The summed E-state index contributed by atoms with van der Waals surface area (Å²) in [7, 11) is 0. The van der Waals surface area contributed by atoms with Crippen molar-refractivity contribution in [3.05, 3.63) is 51.3 Å². The number of hydrazone groups is 1. The van der Waals surface area contributed by atoms with Crippen LogP contribution < -0.4 is 11.2 Å². The molecule has 13 nitrogen and oxygen atoms in total. The van der Waals surface area contributed by atoms with Crippen molar-refractivity contribution in [3.8, 4) is 5.82 Å². The number of nitro groups is 1. The van der Waals surface area contributed by atoms with Crippen molar-refractivity contribution in [3.63, 3.8) is 0 Å². The van der Waals surface area contributed by atoms with Crippen molar-refractivity contribution < 1.29 is 14.3 Å². The van der Waals surface area contributed by atoms with Gasteiger partial charge in [0, 0.05) is 17.7 Å². The maximum atomic E-state index is 12.5. The normalized spacial score (nSPS) is 11.4. The fourth-order valence-corrected chi connectivity index (χ4v) is 2.20. The summed E-state index contributed by atoms with van der Waals surface area (Å²) >= 11 is 0. The summed E-state index contributed by atoms with van der Waals surface area (Å²) in [5.74, 6) is -0.685. The molecule has 3 rings (SSSR count). The summed E-state index contributed by atoms with van der Waals surface area (Å²) < 4.78 is 5.58. The zero-order valence-electron chi connectivity index (χ0n) is 14.2. The molecule has 0 unspecified atom stereocenters. The number of aryl methyl sites for hydroxylation is 1. The standard InChI is InChI=1S/C14H13N9O4/c1-7(9-4-3-5-10(6-9)23(25)26)16-18-14(24)11-8(2)17-21-22(11)13-12(15)19-27-20-13/h3-6H,1-2H3,(H2,15,19)(H,18,24). The summed E-state index contributed by atoms with van der Waals surface area (Å²) in [6.07, 6.45) is 0. The van der Waals surface area contributed by atoms with Crippen molar-refractivity contribution in [1.82, 2.24) is 30.7 Å². The highest BCUT2D eigenvalue weighted by atomic mass is 16.6. The number of aromatic nitrogens is 5. The number of benzene rings is 1. The lowest BCUT2D eigenvalue weighted by Crippen LogP contribution is -2.24. The molecule has 0 saturated carbocycles. The number of non-ortho nitro benzene ring substituents is 1. The molecule has 0 saturated heterocycles. The molecule has 0 radical (unpaired) electrons. The number of carbonyl (C=O) groups is 1. The molecule has 3 N–H and O–H groups in total. The molecule has 1 aromatic carbocycles. The van der Waals surface area contributed by atoms with Crippen LogP contribution in [0.25, 0.3) is 5.82 Å². The van der Waals surface area contributed by atoms with E-state index in [1.54, 1.807) is 19.9 Å². The monoisotopic (exact) mass is 371 g/mol. The van der Waals surface area contributed by atoms with Crippen molar-refractivity contribution >= 4 is 23.1 Å². The van der Waals surface area contributed by atoms with Crippen LogP contribution in [0.3, 0.4) is 0 Å². The molecule has 0 bridgehead atoms. The van der Waals surface area contributed by atoms with Gasteiger partial charge in [-0.15, -0.1) is 5.10 Å². The first-order valence-corrected chi connectivity index (χ1v) is 7.48. The second-order valence-electron chi connectivity index (χ2n) is 5.35. The van der Waals surface area contributed by atoms with E-state index in [0.29, 0.717) is 17.0 Å². The topological polar surface area (TPSA) is 180 Å². The quantitative estimate of drug-likeness (QED) is 0.369. The largest absolute Gasteiger partial charge is 0.378 e. The number of hydrogen-bond acceptors (Lipinski definition) is 10. The van der Waals surface area contributed by atoms with E-state index in [2.05, 4.69) is 35.8 Å². The summed E-state index contributed by atoms with van der Waals surface area (Å²) in [5, 5.41) is 29.5. The number of anilines is 1. The van der Waals surface area contributed by atoms with Crippen LogP contribution in [0.4, 0.5) is 11.5 Å². The molecule has 2 heterocycles. The number of rotatable bonds is 5. The van der Waals surface area contributed by atoms with Gasteiger partial charge >= 0.3 is 0 Å². The average Bonchev–Trinajstić information content (AvgIpc) is 3.24. The summed E-state index contributed by atoms with van der Waals surface area (Å²) in [5.41, 5.74) is 9.08. The van der Waals surface area contributed by atoms with E-state index in [9.17, 15) is 14.9 Å². The number of amides is 1. The Hall–Kier alpha value is -4.16. The highest BCUT2D eigenvalue weighted by molar-refractivity contribution is 6.01. The summed E-state index contributed by atoms with van der Waals surface area (Å²) in [6, 6.07) is 5.87. The minimum absolute atomic E-state index is 0.0140. The predicted octanol–water partition coefficient (Wildman–Crippen LogP) is 0.603. The third-order valence-corrected chi connectivity index (χ3v) is 3.55. The number of nitrogens with zero attached hydrogens (tertiary/aromatic N) is 7. The average molecular weight is 371 g/mol. The van der Waals surface area contributed by atoms with Gasteiger partial charge in [0.2, 0.25) is 11.6 Å². The van der Waals surface area contributed by atoms with Crippen molar-refractivity contribution in [2.75, 3.05) is 5.73 Å². The third kappa shape index (κ3) is 3.46. The predicted molar refractivity (Wildman–Crippen MR) is 91.1 cm³/mol. The smallest absolute Gasteiger partial charge is 0.292 e. The molecule has 138 valence electrons. The first-order valence-electron chi connectivity index (χ1n) is 7.48. The second-order valence-corrected chi connectivity index (χ2v) is 5.35. The Bertz CT molecular complexity index is 1050. The summed E-state index contributed by atoms with van der Waals surface area (Å²) in [4.78, 5) is 22.9. The fraction of sp³-hybridized carbons (Fsp3) is 0.143. The maximum Gasteiger partial charge on any atom is 0.292 e. The van der Waals surface area contributed by atoms with Crippen molar-refractivity contribution in [2.45, 2.75) is 13.8 Å². The van der Waals surface area contributed by atoms with Gasteiger partial charge in [0.25, 0.3) is 11.6 Å². The van der Waals surface area contributed by atoms with Crippen LogP contribution in [0.5, 0.6) is 0 Å². The lowest BCUT2D eigenvalue weighted by molar-refractivity contribution is -0.384. The highest BCUT2D eigenvalue weighted by Crippen LogP contribution is 2.16. The molecular weight excluding hydrogens is 358 g/mol. The van der Waals surface area contributed by atoms with Gasteiger partial charge in [0.15, 0.2) is 5.69 Å². The molecular formula is C14H13N9O4. The maximum absolute atomic E-state index is 12.5. The van der Waals surface area contributed by atoms with Gasteiger partial charge < -0.3 is 5.73 Å². The number of nitro benzene ring substituents is 1. The number of nitrogen functional groups attached to an aromatic ring is 1. The first-order chi connectivity index (χ1) is 12.9. The molecule has 0 aliphatic carbocycles. The number of nitrogens with two attached hydrogens (primary N) is 1. The van der Waals surface area contributed by atoms with E-state index in [0.717, 1.165) is 4.68 Å². The van der Waals surface area contributed by atoms with E-state index in [1.807, 2.05) is 0 Å². The number of hydrogen-bond donors (Lipinski definition) is 2. The van der Waals surface area contributed by atoms with Gasteiger partial charge in [0.1, 0.15) is 0 Å². The molecule has 0 aliphatic rings. The van der Waals surface area contributed by atoms with Crippen LogP contribution >= 0.6 is 0 Å². The molecule has 1 amide bonds. The summed E-state index contributed by atoms with van der Waals surface area (Å²) in [6.45, 7) is 3.17. The molecule has 0 atom stereocenters. The van der Waals surface area contributed by atoms with Crippen LogP contribution in [0.15, 0.2) is 34.0 Å². The molecule has 0 spiro atoms. The van der Waals surface area contributed by atoms with Crippen LogP contribution in [0.1, 0.15) is 28.7 Å². The SMILES string of the molecule is CC(=NNC(=O)c1c(C)nnn1-c1nonc1N)c1cccc([N+](=O)[O-])c1. The third-order valence-electron chi connectivity index (χ3n) is 3.55. The molecule has 27 heavy (non-hydrogen) atoms. The Morgan fingerprint density at radius 3 is 2.85 bits per heavy atom. The van der Waals surface area contributed by atoms with E-state index in [4.69, 9.17) is 5.73 Å². The van der Waals surface area contributed by atoms with E-state index < -0.39 is 10.8 Å². The molecule has 3 aromatic rings. The number of nitrogens with one attached hydrogen (secondary N) is 1.